The average molecular weight is 356 g/mol. The summed E-state index contributed by atoms with van der Waals surface area (Å²) >= 11 is 0. The Hall–Kier alpha value is -2.25. The number of benzene rings is 1. The van der Waals surface area contributed by atoms with Crippen molar-refractivity contribution >= 4 is 11.8 Å². The number of rotatable bonds is 6. The molecule has 1 aliphatic carbocycles. The number of amides is 2. The Bertz CT molecular complexity index is 659. The second-order valence-corrected chi connectivity index (χ2v) is 6.45. The predicted molar refractivity (Wildman–Crippen MR) is 82.7 cm³/mol. The van der Waals surface area contributed by atoms with Crippen molar-refractivity contribution in [2.75, 3.05) is 13.2 Å². The van der Waals surface area contributed by atoms with Crippen molar-refractivity contribution in [3.8, 4) is 5.75 Å². The highest BCUT2D eigenvalue weighted by Crippen LogP contribution is 2.32. The summed E-state index contributed by atoms with van der Waals surface area (Å²) in [7, 11) is 0. The van der Waals surface area contributed by atoms with E-state index in [4.69, 9.17) is 4.74 Å². The summed E-state index contributed by atoms with van der Waals surface area (Å²) in [4.78, 5) is 25.9. The highest BCUT2D eigenvalue weighted by molar-refractivity contribution is 5.89. The van der Waals surface area contributed by atoms with Crippen LogP contribution in [0.5, 0.6) is 5.75 Å². The number of halogens is 3. The quantitative estimate of drug-likeness (QED) is 0.851. The second-order valence-electron chi connectivity index (χ2n) is 6.45. The lowest BCUT2D eigenvalue weighted by atomic mass is 10.1. The van der Waals surface area contributed by atoms with Crippen LogP contribution in [-0.4, -0.2) is 42.1 Å². The van der Waals surface area contributed by atoms with Gasteiger partial charge in [-0.25, -0.2) is 0 Å². The van der Waals surface area contributed by atoms with E-state index in [9.17, 15) is 22.8 Å². The molecule has 0 bridgehead atoms. The van der Waals surface area contributed by atoms with Gasteiger partial charge in [0.15, 0.2) is 6.61 Å². The van der Waals surface area contributed by atoms with Crippen molar-refractivity contribution in [3.63, 3.8) is 0 Å². The van der Waals surface area contributed by atoms with Crippen LogP contribution in [0.25, 0.3) is 0 Å². The van der Waals surface area contributed by atoms with E-state index in [0.29, 0.717) is 18.2 Å². The number of nitrogens with zero attached hydrogens (tertiary/aromatic N) is 1. The Morgan fingerprint density at radius 1 is 1.32 bits per heavy atom. The summed E-state index contributed by atoms with van der Waals surface area (Å²) in [5.41, 5.74) is 0.636. The molecule has 0 radical (unpaired) electrons. The van der Waals surface area contributed by atoms with Crippen molar-refractivity contribution in [3.05, 3.63) is 29.8 Å². The van der Waals surface area contributed by atoms with Crippen LogP contribution < -0.4 is 10.1 Å². The molecule has 0 spiro atoms. The molecular formula is C17H19F3N2O3. The monoisotopic (exact) mass is 356 g/mol. The molecule has 1 heterocycles. The van der Waals surface area contributed by atoms with E-state index in [1.165, 1.54) is 12.1 Å². The van der Waals surface area contributed by atoms with Crippen LogP contribution in [0.3, 0.4) is 0 Å². The number of carbonyl (C=O) groups is 2. The second kappa shape index (κ2) is 6.93. The number of ether oxygens (including phenoxy) is 1. The molecule has 0 aromatic heterocycles. The van der Waals surface area contributed by atoms with Gasteiger partial charge < -0.3 is 15.0 Å². The standard InChI is InChI=1S/C17H19F3N2O3/c18-17(19,20)10-25-14-3-1-2-11(6-14)8-21-16(24)12-7-15(23)22(9-12)13-4-5-13/h1-3,6,12-13H,4-5,7-10H2,(H,21,24)/t12-/m0/s1. The molecule has 1 aromatic rings. The lowest BCUT2D eigenvalue weighted by molar-refractivity contribution is -0.153. The summed E-state index contributed by atoms with van der Waals surface area (Å²) < 4.78 is 41.2. The minimum absolute atomic E-state index is 0.0187. The van der Waals surface area contributed by atoms with Crippen LogP contribution in [0.2, 0.25) is 0 Å². The van der Waals surface area contributed by atoms with Gasteiger partial charge in [-0.1, -0.05) is 12.1 Å². The number of nitrogens with one attached hydrogen (secondary N) is 1. The molecule has 2 fully saturated rings. The van der Waals surface area contributed by atoms with Gasteiger partial charge in [-0.05, 0) is 30.5 Å². The molecule has 1 N–H and O–H groups in total. The van der Waals surface area contributed by atoms with Crippen LogP contribution in [0.1, 0.15) is 24.8 Å². The molecule has 1 saturated heterocycles. The van der Waals surface area contributed by atoms with E-state index in [1.807, 2.05) is 0 Å². The van der Waals surface area contributed by atoms with Crippen LogP contribution in [0, 0.1) is 5.92 Å². The summed E-state index contributed by atoms with van der Waals surface area (Å²) in [5, 5.41) is 2.75. The Balaban J connectivity index is 1.49. The van der Waals surface area contributed by atoms with Gasteiger partial charge in [0.2, 0.25) is 11.8 Å². The largest absolute Gasteiger partial charge is 0.484 e. The maximum atomic E-state index is 12.2. The lowest BCUT2D eigenvalue weighted by Crippen LogP contribution is -2.33. The van der Waals surface area contributed by atoms with Crippen molar-refractivity contribution in [1.82, 2.24) is 10.2 Å². The Morgan fingerprint density at radius 2 is 2.08 bits per heavy atom. The van der Waals surface area contributed by atoms with E-state index in [0.717, 1.165) is 12.8 Å². The van der Waals surface area contributed by atoms with E-state index < -0.39 is 12.8 Å². The first-order valence-electron chi connectivity index (χ1n) is 8.17. The highest BCUT2D eigenvalue weighted by Gasteiger charge is 2.41. The molecule has 2 amide bonds. The minimum Gasteiger partial charge on any atom is -0.484 e. The third-order valence-corrected chi connectivity index (χ3v) is 4.28. The summed E-state index contributed by atoms with van der Waals surface area (Å²) in [6.45, 7) is -0.732. The molecule has 1 saturated carbocycles. The van der Waals surface area contributed by atoms with Gasteiger partial charge in [0, 0.05) is 25.6 Å². The highest BCUT2D eigenvalue weighted by atomic mass is 19.4. The fourth-order valence-corrected chi connectivity index (χ4v) is 2.89. The molecule has 5 nitrogen and oxygen atoms in total. The average Bonchev–Trinajstić information content (AvgIpc) is 3.32. The summed E-state index contributed by atoms with van der Waals surface area (Å²) in [6.07, 6.45) is -2.17. The summed E-state index contributed by atoms with van der Waals surface area (Å²) in [6, 6.07) is 6.45. The first-order valence-corrected chi connectivity index (χ1v) is 8.17. The molecule has 25 heavy (non-hydrogen) atoms. The van der Waals surface area contributed by atoms with Gasteiger partial charge in [0.25, 0.3) is 0 Å². The normalized spacial score (nSPS) is 20.7. The third kappa shape index (κ3) is 4.87. The fourth-order valence-electron chi connectivity index (χ4n) is 2.89. The van der Waals surface area contributed by atoms with Gasteiger partial charge in [0.05, 0.1) is 5.92 Å². The molecule has 2 aliphatic rings. The number of alkyl halides is 3. The maximum absolute atomic E-state index is 12.2. The molecular weight excluding hydrogens is 337 g/mol. The zero-order chi connectivity index (χ0) is 18.0. The van der Waals surface area contributed by atoms with Crippen molar-refractivity contribution in [2.45, 2.75) is 38.0 Å². The molecule has 136 valence electrons. The number of hydrogen-bond acceptors (Lipinski definition) is 3. The van der Waals surface area contributed by atoms with Gasteiger partial charge in [-0.2, -0.15) is 13.2 Å². The zero-order valence-corrected chi connectivity index (χ0v) is 13.5. The fraction of sp³-hybridized carbons (Fsp3) is 0.529. The first-order chi connectivity index (χ1) is 11.8. The SMILES string of the molecule is O=C(NCc1cccc(OCC(F)(F)F)c1)[C@H]1CC(=O)N(C2CC2)C1. The molecule has 3 rings (SSSR count). The molecule has 1 aromatic carbocycles. The van der Waals surface area contributed by atoms with E-state index in [-0.39, 0.29) is 36.4 Å². The molecule has 1 aliphatic heterocycles. The molecule has 1 atom stereocenters. The number of likely N-dealkylation sites (tertiary alicyclic amines) is 1. The van der Waals surface area contributed by atoms with Crippen molar-refractivity contribution < 1.29 is 27.5 Å². The van der Waals surface area contributed by atoms with Crippen LogP contribution in [0.4, 0.5) is 13.2 Å². The van der Waals surface area contributed by atoms with Crippen LogP contribution >= 0.6 is 0 Å². The lowest BCUT2D eigenvalue weighted by Gasteiger charge is -2.15. The van der Waals surface area contributed by atoms with Gasteiger partial charge in [-0.15, -0.1) is 0 Å². The molecule has 0 unspecified atom stereocenters. The predicted octanol–water partition coefficient (Wildman–Crippen LogP) is 2.25. The van der Waals surface area contributed by atoms with Crippen LogP contribution in [0.15, 0.2) is 24.3 Å². The number of carbonyl (C=O) groups excluding carboxylic acids is 2. The Kier molecular flexibility index (Phi) is 4.87. The Labute approximate surface area is 143 Å². The van der Waals surface area contributed by atoms with E-state index in [1.54, 1.807) is 17.0 Å². The Morgan fingerprint density at radius 3 is 2.76 bits per heavy atom. The van der Waals surface area contributed by atoms with Crippen molar-refractivity contribution in [1.29, 1.82) is 0 Å². The number of hydrogen-bond donors (Lipinski definition) is 1. The van der Waals surface area contributed by atoms with Gasteiger partial charge in [0.1, 0.15) is 5.75 Å². The first kappa shape index (κ1) is 17.6. The van der Waals surface area contributed by atoms with E-state index >= 15 is 0 Å². The van der Waals surface area contributed by atoms with Gasteiger partial charge in [-0.3, -0.25) is 9.59 Å². The van der Waals surface area contributed by atoms with E-state index in [2.05, 4.69) is 5.32 Å². The molecule has 8 heteroatoms. The topological polar surface area (TPSA) is 58.6 Å². The van der Waals surface area contributed by atoms with Gasteiger partial charge >= 0.3 is 6.18 Å². The third-order valence-electron chi connectivity index (χ3n) is 4.28. The summed E-state index contributed by atoms with van der Waals surface area (Å²) in [5.74, 6) is -0.457. The van der Waals surface area contributed by atoms with Crippen molar-refractivity contribution in [2.24, 2.45) is 5.92 Å². The maximum Gasteiger partial charge on any atom is 0.422 e. The minimum atomic E-state index is -4.40. The smallest absolute Gasteiger partial charge is 0.422 e. The zero-order valence-electron chi connectivity index (χ0n) is 13.5. The van der Waals surface area contributed by atoms with Crippen LogP contribution in [-0.2, 0) is 16.1 Å².